The fourth-order valence-electron chi connectivity index (χ4n) is 3.07. The summed E-state index contributed by atoms with van der Waals surface area (Å²) in [6.45, 7) is 10.3. The number of likely N-dealkylation sites (tertiary alicyclic amines) is 1. The minimum atomic E-state index is 0.535. The molecule has 2 rings (SSSR count). The van der Waals surface area contributed by atoms with Gasteiger partial charge in [-0.3, -0.25) is 4.90 Å². The SMILES string of the molecule is CCNC1CCCN(C(C)c2ccccc2C)C1. The number of nitrogens with one attached hydrogen (secondary N) is 1. The second-order valence-corrected chi connectivity index (χ2v) is 5.42. The van der Waals surface area contributed by atoms with Crippen LogP contribution < -0.4 is 5.32 Å². The van der Waals surface area contributed by atoms with Gasteiger partial charge in [-0.2, -0.15) is 0 Å². The summed E-state index contributed by atoms with van der Waals surface area (Å²) >= 11 is 0. The summed E-state index contributed by atoms with van der Waals surface area (Å²) in [5.41, 5.74) is 2.89. The Morgan fingerprint density at radius 2 is 2.17 bits per heavy atom. The minimum absolute atomic E-state index is 0.535. The Morgan fingerprint density at radius 3 is 2.89 bits per heavy atom. The highest BCUT2D eigenvalue weighted by atomic mass is 15.2. The van der Waals surface area contributed by atoms with Crippen LogP contribution in [0.3, 0.4) is 0 Å². The van der Waals surface area contributed by atoms with E-state index in [-0.39, 0.29) is 0 Å². The molecule has 0 aliphatic carbocycles. The highest BCUT2D eigenvalue weighted by Gasteiger charge is 2.24. The standard InChI is InChI=1S/C16H26N2/c1-4-17-15-9-7-11-18(12-15)14(3)16-10-6-5-8-13(16)2/h5-6,8,10,14-15,17H,4,7,9,11-12H2,1-3H3. The van der Waals surface area contributed by atoms with E-state index in [9.17, 15) is 0 Å². The van der Waals surface area contributed by atoms with Crippen LogP contribution in [0.4, 0.5) is 0 Å². The van der Waals surface area contributed by atoms with Crippen LogP contribution in [0, 0.1) is 6.92 Å². The van der Waals surface area contributed by atoms with Gasteiger partial charge in [-0.25, -0.2) is 0 Å². The monoisotopic (exact) mass is 246 g/mol. The van der Waals surface area contributed by atoms with E-state index in [4.69, 9.17) is 0 Å². The molecule has 1 fully saturated rings. The van der Waals surface area contributed by atoms with E-state index in [0.717, 1.165) is 6.54 Å². The van der Waals surface area contributed by atoms with E-state index in [1.54, 1.807) is 0 Å². The van der Waals surface area contributed by atoms with Gasteiger partial charge in [0.2, 0.25) is 0 Å². The van der Waals surface area contributed by atoms with E-state index >= 15 is 0 Å². The van der Waals surface area contributed by atoms with Crippen molar-refractivity contribution in [2.75, 3.05) is 19.6 Å². The first-order valence-corrected chi connectivity index (χ1v) is 7.25. The second-order valence-electron chi connectivity index (χ2n) is 5.42. The summed E-state index contributed by atoms with van der Waals surface area (Å²) < 4.78 is 0. The maximum Gasteiger partial charge on any atom is 0.0323 e. The average Bonchev–Trinajstić information content (AvgIpc) is 2.39. The van der Waals surface area contributed by atoms with Gasteiger partial charge >= 0.3 is 0 Å². The molecule has 0 spiro atoms. The van der Waals surface area contributed by atoms with Crippen molar-refractivity contribution >= 4 is 0 Å². The van der Waals surface area contributed by atoms with Gasteiger partial charge in [-0.15, -0.1) is 0 Å². The number of nitrogens with zero attached hydrogens (tertiary/aromatic N) is 1. The third-order valence-corrected chi connectivity index (χ3v) is 4.13. The summed E-state index contributed by atoms with van der Waals surface area (Å²) in [4.78, 5) is 2.62. The molecule has 1 aliphatic heterocycles. The zero-order valence-corrected chi connectivity index (χ0v) is 11.9. The lowest BCUT2D eigenvalue weighted by Crippen LogP contribution is -2.46. The lowest BCUT2D eigenvalue weighted by molar-refractivity contribution is 0.146. The van der Waals surface area contributed by atoms with Crippen molar-refractivity contribution in [1.82, 2.24) is 10.2 Å². The molecule has 18 heavy (non-hydrogen) atoms. The lowest BCUT2D eigenvalue weighted by Gasteiger charge is -2.37. The Labute approximate surface area is 111 Å². The van der Waals surface area contributed by atoms with Gasteiger partial charge in [0.25, 0.3) is 0 Å². The lowest BCUT2D eigenvalue weighted by atomic mass is 9.97. The molecule has 1 heterocycles. The molecule has 0 saturated carbocycles. The third-order valence-electron chi connectivity index (χ3n) is 4.13. The quantitative estimate of drug-likeness (QED) is 0.878. The summed E-state index contributed by atoms with van der Waals surface area (Å²) in [5.74, 6) is 0. The maximum absolute atomic E-state index is 3.59. The topological polar surface area (TPSA) is 15.3 Å². The number of hydrogen-bond acceptors (Lipinski definition) is 2. The molecular formula is C16H26N2. The molecule has 1 N–H and O–H groups in total. The van der Waals surface area contributed by atoms with Crippen molar-refractivity contribution in [3.63, 3.8) is 0 Å². The number of hydrogen-bond donors (Lipinski definition) is 1. The van der Waals surface area contributed by atoms with E-state index in [0.29, 0.717) is 12.1 Å². The smallest absolute Gasteiger partial charge is 0.0323 e. The first kappa shape index (κ1) is 13.6. The molecule has 1 aromatic carbocycles. The number of piperidine rings is 1. The molecule has 0 aromatic heterocycles. The predicted octanol–water partition coefficient (Wildman–Crippen LogP) is 3.13. The molecule has 2 nitrogen and oxygen atoms in total. The zero-order valence-electron chi connectivity index (χ0n) is 11.9. The molecule has 0 bridgehead atoms. The van der Waals surface area contributed by atoms with E-state index in [1.807, 2.05) is 0 Å². The normalized spacial score (nSPS) is 22.9. The van der Waals surface area contributed by atoms with E-state index in [2.05, 4.69) is 55.3 Å². The minimum Gasteiger partial charge on any atom is -0.313 e. The summed E-state index contributed by atoms with van der Waals surface area (Å²) in [6.07, 6.45) is 2.64. The highest BCUT2D eigenvalue weighted by molar-refractivity contribution is 5.28. The van der Waals surface area contributed by atoms with Crippen LogP contribution in [0.15, 0.2) is 24.3 Å². The van der Waals surface area contributed by atoms with Crippen molar-refractivity contribution in [3.05, 3.63) is 35.4 Å². The molecule has 2 unspecified atom stereocenters. The van der Waals surface area contributed by atoms with Crippen LogP contribution in [0.25, 0.3) is 0 Å². The maximum atomic E-state index is 3.59. The summed E-state index contributed by atoms with van der Waals surface area (Å²) in [5, 5.41) is 3.59. The van der Waals surface area contributed by atoms with E-state index in [1.165, 1.54) is 37.1 Å². The molecular weight excluding hydrogens is 220 g/mol. The Kier molecular flexibility index (Phi) is 4.79. The molecule has 0 amide bonds. The van der Waals surface area contributed by atoms with E-state index < -0.39 is 0 Å². The van der Waals surface area contributed by atoms with Gasteiger partial charge in [0, 0.05) is 18.6 Å². The van der Waals surface area contributed by atoms with Gasteiger partial charge in [-0.1, -0.05) is 31.2 Å². The van der Waals surface area contributed by atoms with Gasteiger partial charge in [0.1, 0.15) is 0 Å². The second kappa shape index (κ2) is 6.35. The highest BCUT2D eigenvalue weighted by Crippen LogP contribution is 2.26. The molecule has 100 valence electrons. The van der Waals surface area contributed by atoms with Crippen molar-refractivity contribution in [2.45, 2.75) is 45.7 Å². The molecule has 1 aliphatic rings. The number of benzene rings is 1. The predicted molar refractivity (Wildman–Crippen MR) is 77.9 cm³/mol. The largest absolute Gasteiger partial charge is 0.313 e. The van der Waals surface area contributed by atoms with Crippen molar-refractivity contribution < 1.29 is 0 Å². The first-order valence-electron chi connectivity index (χ1n) is 7.25. The number of rotatable bonds is 4. The number of aryl methyl sites for hydroxylation is 1. The van der Waals surface area contributed by atoms with Crippen LogP contribution in [0.5, 0.6) is 0 Å². The van der Waals surface area contributed by atoms with Gasteiger partial charge in [0.15, 0.2) is 0 Å². The van der Waals surface area contributed by atoms with Gasteiger partial charge in [-0.05, 0) is 50.9 Å². The first-order chi connectivity index (χ1) is 8.72. The van der Waals surface area contributed by atoms with Crippen LogP contribution in [0.2, 0.25) is 0 Å². The zero-order chi connectivity index (χ0) is 13.0. The van der Waals surface area contributed by atoms with Crippen molar-refractivity contribution in [3.8, 4) is 0 Å². The van der Waals surface area contributed by atoms with Crippen molar-refractivity contribution in [2.24, 2.45) is 0 Å². The number of likely N-dealkylation sites (N-methyl/N-ethyl adjacent to an activating group) is 1. The van der Waals surface area contributed by atoms with Crippen LogP contribution >= 0.6 is 0 Å². The Bertz CT molecular complexity index is 373. The molecule has 1 saturated heterocycles. The Balaban J connectivity index is 2.04. The molecule has 1 aromatic rings. The van der Waals surface area contributed by atoms with Gasteiger partial charge in [0.05, 0.1) is 0 Å². The van der Waals surface area contributed by atoms with Crippen LogP contribution in [-0.2, 0) is 0 Å². The Hall–Kier alpha value is -0.860. The van der Waals surface area contributed by atoms with Crippen LogP contribution in [0.1, 0.15) is 43.9 Å². The fraction of sp³-hybridized carbons (Fsp3) is 0.625. The fourth-order valence-corrected chi connectivity index (χ4v) is 3.07. The summed E-state index contributed by atoms with van der Waals surface area (Å²) in [7, 11) is 0. The molecule has 2 atom stereocenters. The average molecular weight is 246 g/mol. The molecule has 0 radical (unpaired) electrons. The van der Waals surface area contributed by atoms with Crippen molar-refractivity contribution in [1.29, 1.82) is 0 Å². The van der Waals surface area contributed by atoms with Crippen LogP contribution in [-0.4, -0.2) is 30.6 Å². The van der Waals surface area contributed by atoms with Gasteiger partial charge < -0.3 is 5.32 Å². The molecule has 2 heteroatoms. The Morgan fingerprint density at radius 1 is 1.39 bits per heavy atom. The third kappa shape index (κ3) is 3.12. The summed E-state index contributed by atoms with van der Waals surface area (Å²) in [6, 6.07) is 9.99.